The summed E-state index contributed by atoms with van der Waals surface area (Å²) in [5.41, 5.74) is 0.952. The quantitative estimate of drug-likeness (QED) is 0.771. The number of ether oxygens (including phenoxy) is 2. The second kappa shape index (κ2) is 7.46. The van der Waals surface area contributed by atoms with Crippen molar-refractivity contribution in [1.82, 2.24) is 10.3 Å². The Hall–Kier alpha value is -1.13. The van der Waals surface area contributed by atoms with Crippen LogP contribution in [-0.2, 0) is 4.74 Å². The minimum absolute atomic E-state index is 0.132. The van der Waals surface area contributed by atoms with Crippen molar-refractivity contribution in [3.8, 4) is 5.88 Å². The largest absolute Gasteiger partial charge is 0.475 e. The van der Waals surface area contributed by atoms with Crippen LogP contribution in [0.1, 0.15) is 46.2 Å². The molecule has 0 fully saturated rings. The van der Waals surface area contributed by atoms with Gasteiger partial charge in [0.25, 0.3) is 0 Å². The molecule has 1 aromatic rings. The molecule has 0 amide bonds. The van der Waals surface area contributed by atoms with Crippen LogP contribution in [0, 0.1) is 0 Å². The molecule has 4 heteroatoms. The van der Waals surface area contributed by atoms with E-state index in [4.69, 9.17) is 9.47 Å². The summed E-state index contributed by atoms with van der Waals surface area (Å²) in [5, 5.41) is 3.37. The Labute approximate surface area is 116 Å². The third-order valence-corrected chi connectivity index (χ3v) is 2.63. The molecule has 1 N–H and O–H groups in total. The Bertz CT molecular complexity index is 375. The summed E-state index contributed by atoms with van der Waals surface area (Å²) in [6.07, 6.45) is 1.75. The third kappa shape index (κ3) is 6.03. The molecular formula is C15H26N2O2. The average Bonchev–Trinajstić information content (AvgIpc) is 2.34. The number of rotatable bonds is 7. The van der Waals surface area contributed by atoms with Gasteiger partial charge in [-0.3, -0.25) is 0 Å². The van der Waals surface area contributed by atoms with E-state index in [1.54, 1.807) is 6.20 Å². The number of aromatic nitrogens is 1. The zero-order valence-electron chi connectivity index (χ0n) is 12.7. The molecule has 0 saturated heterocycles. The van der Waals surface area contributed by atoms with Crippen LogP contribution in [-0.4, -0.2) is 30.3 Å². The molecule has 0 saturated carbocycles. The number of nitrogens with one attached hydrogen (secondary N) is 1. The van der Waals surface area contributed by atoms with E-state index in [1.807, 2.05) is 32.9 Å². The molecule has 0 aliphatic carbocycles. The van der Waals surface area contributed by atoms with Gasteiger partial charge in [0.05, 0.1) is 12.2 Å². The van der Waals surface area contributed by atoms with Crippen LogP contribution >= 0.6 is 0 Å². The fraction of sp³-hybridized carbons (Fsp3) is 0.667. The topological polar surface area (TPSA) is 43.4 Å². The Kier molecular flexibility index (Phi) is 6.25. The van der Waals surface area contributed by atoms with E-state index in [0.717, 1.165) is 12.1 Å². The number of nitrogens with zero attached hydrogens (tertiary/aromatic N) is 1. The van der Waals surface area contributed by atoms with Crippen LogP contribution in [0.5, 0.6) is 5.88 Å². The lowest BCUT2D eigenvalue weighted by Gasteiger charge is -2.20. The number of hydrogen-bond acceptors (Lipinski definition) is 4. The van der Waals surface area contributed by atoms with Gasteiger partial charge in [0.1, 0.15) is 6.61 Å². The highest BCUT2D eigenvalue weighted by atomic mass is 16.5. The van der Waals surface area contributed by atoms with Crippen molar-refractivity contribution in [1.29, 1.82) is 0 Å². The van der Waals surface area contributed by atoms with Gasteiger partial charge in [-0.1, -0.05) is 13.0 Å². The molecule has 0 aliphatic rings. The molecule has 1 aromatic heterocycles. The van der Waals surface area contributed by atoms with Crippen LogP contribution in [0.4, 0.5) is 0 Å². The number of hydrogen-bond donors (Lipinski definition) is 1. The van der Waals surface area contributed by atoms with E-state index in [2.05, 4.69) is 24.1 Å². The Morgan fingerprint density at radius 1 is 1.32 bits per heavy atom. The standard InChI is InChI=1S/C15H26N2O2/c1-6-16-12(2)13-8-7-9-17-14(13)18-10-11-19-15(3,4)5/h7-9,12,16H,6,10-11H2,1-5H3. The van der Waals surface area contributed by atoms with Gasteiger partial charge in [-0.2, -0.15) is 0 Å². The van der Waals surface area contributed by atoms with Crippen molar-refractivity contribution < 1.29 is 9.47 Å². The van der Waals surface area contributed by atoms with Crippen LogP contribution in [0.2, 0.25) is 0 Å². The molecule has 108 valence electrons. The second-order valence-corrected chi connectivity index (χ2v) is 5.49. The normalized spacial score (nSPS) is 13.3. The molecule has 19 heavy (non-hydrogen) atoms. The van der Waals surface area contributed by atoms with Gasteiger partial charge in [0, 0.05) is 17.8 Å². The van der Waals surface area contributed by atoms with Crippen molar-refractivity contribution in [3.05, 3.63) is 23.9 Å². The lowest BCUT2D eigenvalue weighted by atomic mass is 10.1. The minimum Gasteiger partial charge on any atom is -0.475 e. The maximum Gasteiger partial charge on any atom is 0.218 e. The molecule has 4 nitrogen and oxygen atoms in total. The smallest absolute Gasteiger partial charge is 0.218 e. The van der Waals surface area contributed by atoms with Gasteiger partial charge in [-0.25, -0.2) is 4.98 Å². The van der Waals surface area contributed by atoms with Crippen LogP contribution < -0.4 is 10.1 Å². The lowest BCUT2D eigenvalue weighted by Crippen LogP contribution is -2.23. The van der Waals surface area contributed by atoms with Gasteiger partial charge in [0.2, 0.25) is 5.88 Å². The molecule has 1 unspecified atom stereocenters. The first-order valence-electron chi connectivity index (χ1n) is 6.89. The van der Waals surface area contributed by atoms with Crippen molar-refractivity contribution in [2.75, 3.05) is 19.8 Å². The zero-order chi connectivity index (χ0) is 14.3. The van der Waals surface area contributed by atoms with E-state index in [-0.39, 0.29) is 11.6 Å². The number of pyridine rings is 1. The summed E-state index contributed by atoms with van der Waals surface area (Å²) in [4.78, 5) is 4.30. The summed E-state index contributed by atoms with van der Waals surface area (Å²) in [6, 6.07) is 4.21. The summed E-state index contributed by atoms with van der Waals surface area (Å²) in [7, 11) is 0. The molecule has 0 radical (unpaired) electrons. The van der Waals surface area contributed by atoms with Crippen molar-refractivity contribution >= 4 is 0 Å². The van der Waals surface area contributed by atoms with E-state index in [0.29, 0.717) is 19.1 Å². The molecule has 1 atom stereocenters. The van der Waals surface area contributed by atoms with E-state index >= 15 is 0 Å². The Morgan fingerprint density at radius 2 is 2.05 bits per heavy atom. The maximum atomic E-state index is 5.72. The van der Waals surface area contributed by atoms with Gasteiger partial charge < -0.3 is 14.8 Å². The second-order valence-electron chi connectivity index (χ2n) is 5.49. The van der Waals surface area contributed by atoms with Gasteiger partial charge in [-0.15, -0.1) is 0 Å². The molecule has 0 aromatic carbocycles. The first-order valence-corrected chi connectivity index (χ1v) is 6.89. The van der Waals surface area contributed by atoms with Crippen LogP contribution in [0.15, 0.2) is 18.3 Å². The predicted octanol–water partition coefficient (Wildman–Crippen LogP) is 2.95. The Balaban J connectivity index is 2.53. The van der Waals surface area contributed by atoms with Crippen molar-refractivity contribution in [2.45, 2.75) is 46.3 Å². The van der Waals surface area contributed by atoms with E-state index < -0.39 is 0 Å². The lowest BCUT2D eigenvalue weighted by molar-refractivity contribution is -0.0169. The molecule has 0 spiro atoms. The van der Waals surface area contributed by atoms with Crippen molar-refractivity contribution in [2.24, 2.45) is 0 Å². The van der Waals surface area contributed by atoms with Gasteiger partial charge >= 0.3 is 0 Å². The van der Waals surface area contributed by atoms with Gasteiger partial charge in [-0.05, 0) is 40.3 Å². The van der Waals surface area contributed by atoms with Crippen LogP contribution in [0.3, 0.4) is 0 Å². The maximum absolute atomic E-state index is 5.72. The summed E-state index contributed by atoms with van der Waals surface area (Å²) in [5.74, 6) is 0.688. The minimum atomic E-state index is -0.132. The highest BCUT2D eigenvalue weighted by Crippen LogP contribution is 2.22. The third-order valence-electron chi connectivity index (χ3n) is 2.63. The zero-order valence-corrected chi connectivity index (χ0v) is 12.7. The van der Waals surface area contributed by atoms with Crippen LogP contribution in [0.25, 0.3) is 0 Å². The van der Waals surface area contributed by atoms with Crippen molar-refractivity contribution in [3.63, 3.8) is 0 Å². The summed E-state index contributed by atoms with van der Waals surface area (Å²) < 4.78 is 11.4. The molecular weight excluding hydrogens is 240 g/mol. The summed E-state index contributed by atoms with van der Waals surface area (Å²) in [6.45, 7) is 12.3. The predicted molar refractivity (Wildman–Crippen MR) is 77.5 cm³/mol. The fourth-order valence-electron chi connectivity index (χ4n) is 1.76. The first kappa shape index (κ1) is 15.9. The molecule has 1 rings (SSSR count). The highest BCUT2D eigenvalue weighted by Gasteiger charge is 2.13. The molecule has 0 bridgehead atoms. The van der Waals surface area contributed by atoms with Gasteiger partial charge in [0.15, 0.2) is 0 Å². The first-order chi connectivity index (χ1) is 8.94. The monoisotopic (exact) mass is 266 g/mol. The highest BCUT2D eigenvalue weighted by molar-refractivity contribution is 5.28. The molecule has 1 heterocycles. The SMILES string of the molecule is CCNC(C)c1cccnc1OCCOC(C)(C)C. The van der Waals surface area contributed by atoms with E-state index in [9.17, 15) is 0 Å². The van der Waals surface area contributed by atoms with E-state index in [1.165, 1.54) is 0 Å². The summed E-state index contributed by atoms with van der Waals surface area (Å²) >= 11 is 0. The fourth-order valence-corrected chi connectivity index (χ4v) is 1.76. The Morgan fingerprint density at radius 3 is 2.68 bits per heavy atom. The average molecular weight is 266 g/mol. The molecule has 0 aliphatic heterocycles.